The summed E-state index contributed by atoms with van der Waals surface area (Å²) in [5, 5.41) is 26.2. The summed E-state index contributed by atoms with van der Waals surface area (Å²) >= 11 is 0. The number of hydrogen-bond acceptors (Lipinski definition) is 6. The van der Waals surface area contributed by atoms with Crippen molar-refractivity contribution in [3.63, 3.8) is 0 Å². The largest absolute Gasteiger partial charge is 0.416 e. The van der Waals surface area contributed by atoms with Crippen LogP contribution in [0.4, 0.5) is 8.78 Å². The summed E-state index contributed by atoms with van der Waals surface area (Å²) < 4.78 is 34.3. The molecule has 4 aromatic rings. The fourth-order valence-electron chi connectivity index (χ4n) is 3.14. The second-order valence-corrected chi connectivity index (χ2v) is 6.97. The predicted octanol–water partition coefficient (Wildman–Crippen LogP) is 3.72. The van der Waals surface area contributed by atoms with Gasteiger partial charge in [0.15, 0.2) is 0 Å². The van der Waals surface area contributed by atoms with E-state index < -0.39 is 19.0 Å². The first kappa shape index (κ1) is 19.7. The highest BCUT2D eigenvalue weighted by atomic mass is 19.3. The van der Waals surface area contributed by atoms with Crippen molar-refractivity contribution >= 4 is 11.0 Å². The van der Waals surface area contributed by atoms with Gasteiger partial charge in [0, 0.05) is 24.6 Å². The minimum absolute atomic E-state index is 0.0312. The van der Waals surface area contributed by atoms with E-state index >= 15 is 0 Å². The molecular formula is C21H17F2N5O2. The van der Waals surface area contributed by atoms with E-state index in [4.69, 9.17) is 9.52 Å². The molecule has 0 fully saturated rings. The molecule has 2 aromatic heterocycles. The Morgan fingerprint density at radius 1 is 1.13 bits per heavy atom. The van der Waals surface area contributed by atoms with Crippen LogP contribution in [0.2, 0.25) is 0 Å². The molecule has 2 aromatic carbocycles. The molecule has 0 aliphatic heterocycles. The standard InChI is InChI=1S/C21H17F2N5O2/c1-28-12-25-17-5-4-15(9-18(17)28)20-27-26-19(30-20)14-3-2-13(16(8-14)10-24)6-7-21(22,23)11-29/h2-5,8-9,12,29H,6-7,11H2,1H3. The average molecular weight is 409 g/mol. The van der Waals surface area contributed by atoms with Gasteiger partial charge in [-0.15, -0.1) is 10.2 Å². The molecule has 152 valence electrons. The van der Waals surface area contributed by atoms with Gasteiger partial charge in [-0.2, -0.15) is 5.26 Å². The van der Waals surface area contributed by atoms with Crippen LogP contribution in [0.3, 0.4) is 0 Å². The highest BCUT2D eigenvalue weighted by Gasteiger charge is 2.27. The number of halogens is 2. The first-order valence-electron chi connectivity index (χ1n) is 9.17. The number of imidazole rings is 1. The van der Waals surface area contributed by atoms with E-state index in [0.29, 0.717) is 17.0 Å². The maximum Gasteiger partial charge on any atom is 0.271 e. The van der Waals surface area contributed by atoms with E-state index in [-0.39, 0.29) is 17.9 Å². The fourth-order valence-corrected chi connectivity index (χ4v) is 3.14. The Bertz CT molecular complexity index is 1260. The predicted molar refractivity (Wildman–Crippen MR) is 105 cm³/mol. The number of benzene rings is 2. The van der Waals surface area contributed by atoms with E-state index in [2.05, 4.69) is 15.2 Å². The molecule has 0 radical (unpaired) electrons. The van der Waals surface area contributed by atoms with Crippen molar-refractivity contribution in [2.75, 3.05) is 6.61 Å². The van der Waals surface area contributed by atoms with Crippen molar-refractivity contribution < 1.29 is 18.3 Å². The normalized spacial score (nSPS) is 11.7. The van der Waals surface area contributed by atoms with Crippen LogP contribution in [0, 0.1) is 11.3 Å². The Kier molecular flexibility index (Phi) is 5.01. The lowest BCUT2D eigenvalue weighted by molar-refractivity contribution is -0.0558. The second-order valence-electron chi connectivity index (χ2n) is 6.97. The van der Waals surface area contributed by atoms with Crippen LogP contribution >= 0.6 is 0 Å². The highest BCUT2D eigenvalue weighted by molar-refractivity contribution is 5.80. The molecule has 30 heavy (non-hydrogen) atoms. The van der Waals surface area contributed by atoms with E-state index in [9.17, 15) is 14.0 Å². The number of nitriles is 1. The number of fused-ring (bicyclic) bond motifs is 1. The van der Waals surface area contributed by atoms with Crippen LogP contribution in [-0.2, 0) is 13.5 Å². The number of hydrogen-bond donors (Lipinski definition) is 1. The number of nitrogens with zero attached hydrogens (tertiary/aromatic N) is 5. The van der Waals surface area contributed by atoms with Gasteiger partial charge in [0.25, 0.3) is 5.92 Å². The van der Waals surface area contributed by atoms with E-state index in [1.807, 2.05) is 35.9 Å². The number of aromatic nitrogens is 4. The SMILES string of the molecule is Cn1cnc2ccc(-c3nnc(-c4ccc(CCC(F)(F)CO)c(C#N)c4)o3)cc21. The summed E-state index contributed by atoms with van der Waals surface area (Å²) in [5.74, 6) is -2.64. The molecule has 1 N–H and O–H groups in total. The van der Waals surface area contributed by atoms with E-state index in [1.54, 1.807) is 18.5 Å². The van der Waals surface area contributed by atoms with Gasteiger partial charge in [0.2, 0.25) is 11.8 Å². The average Bonchev–Trinajstić information content (AvgIpc) is 3.39. The van der Waals surface area contributed by atoms with Gasteiger partial charge in [0.05, 0.1) is 29.0 Å². The van der Waals surface area contributed by atoms with Gasteiger partial charge in [-0.1, -0.05) is 6.07 Å². The monoisotopic (exact) mass is 409 g/mol. The summed E-state index contributed by atoms with van der Waals surface area (Å²) in [6.07, 6.45) is 1.14. The summed E-state index contributed by atoms with van der Waals surface area (Å²) in [4.78, 5) is 4.27. The lowest BCUT2D eigenvalue weighted by Gasteiger charge is -2.13. The van der Waals surface area contributed by atoms with Crippen LogP contribution in [0.15, 0.2) is 47.1 Å². The number of alkyl halides is 2. The van der Waals surface area contributed by atoms with Crippen LogP contribution in [-0.4, -0.2) is 37.4 Å². The molecule has 7 nitrogen and oxygen atoms in total. The maximum atomic E-state index is 13.3. The Balaban J connectivity index is 1.61. The Labute approximate surface area is 170 Å². The molecule has 0 unspecified atom stereocenters. The van der Waals surface area contributed by atoms with Gasteiger partial charge in [-0.05, 0) is 42.3 Å². The van der Waals surface area contributed by atoms with Crippen molar-refractivity contribution in [2.45, 2.75) is 18.8 Å². The minimum atomic E-state index is -3.18. The van der Waals surface area contributed by atoms with Crippen LogP contribution in [0.25, 0.3) is 33.9 Å². The van der Waals surface area contributed by atoms with Gasteiger partial charge in [0.1, 0.15) is 6.61 Å². The van der Waals surface area contributed by atoms with Crippen LogP contribution in [0.1, 0.15) is 17.5 Å². The third-order valence-corrected chi connectivity index (χ3v) is 4.87. The highest BCUT2D eigenvalue weighted by Crippen LogP contribution is 2.28. The molecule has 4 rings (SSSR count). The van der Waals surface area contributed by atoms with Crippen LogP contribution in [0.5, 0.6) is 0 Å². The van der Waals surface area contributed by atoms with Crippen molar-refractivity contribution in [1.29, 1.82) is 5.26 Å². The maximum absolute atomic E-state index is 13.3. The van der Waals surface area contributed by atoms with Gasteiger partial charge in [-0.25, -0.2) is 13.8 Å². The zero-order valence-electron chi connectivity index (χ0n) is 16.0. The molecule has 2 heterocycles. The smallest absolute Gasteiger partial charge is 0.271 e. The summed E-state index contributed by atoms with van der Waals surface area (Å²) in [5.41, 5.74) is 3.73. The van der Waals surface area contributed by atoms with Crippen LogP contribution < -0.4 is 0 Å². The van der Waals surface area contributed by atoms with Gasteiger partial charge < -0.3 is 14.1 Å². The zero-order chi connectivity index (χ0) is 21.3. The molecule has 0 aliphatic carbocycles. The molecule has 0 saturated heterocycles. The summed E-state index contributed by atoms with van der Waals surface area (Å²) in [6.45, 7) is -1.22. The number of aliphatic hydroxyl groups excluding tert-OH is 1. The molecule has 0 bridgehead atoms. The molecule has 9 heteroatoms. The Morgan fingerprint density at radius 2 is 1.83 bits per heavy atom. The Hall–Kier alpha value is -3.64. The summed E-state index contributed by atoms with van der Waals surface area (Å²) in [6, 6.07) is 12.4. The van der Waals surface area contributed by atoms with Crippen molar-refractivity contribution in [3.8, 4) is 29.0 Å². The first-order valence-corrected chi connectivity index (χ1v) is 9.17. The number of aryl methyl sites for hydroxylation is 2. The van der Waals surface area contributed by atoms with E-state index in [0.717, 1.165) is 16.6 Å². The molecule has 0 atom stereocenters. The quantitative estimate of drug-likeness (QED) is 0.521. The van der Waals surface area contributed by atoms with Gasteiger partial charge >= 0.3 is 0 Å². The zero-order valence-corrected chi connectivity index (χ0v) is 16.0. The third kappa shape index (κ3) is 3.77. The molecule has 0 amide bonds. The van der Waals surface area contributed by atoms with Crippen molar-refractivity contribution in [2.24, 2.45) is 7.05 Å². The van der Waals surface area contributed by atoms with E-state index in [1.165, 1.54) is 6.07 Å². The summed E-state index contributed by atoms with van der Waals surface area (Å²) in [7, 11) is 1.89. The second kappa shape index (κ2) is 7.65. The first-order chi connectivity index (χ1) is 14.4. The molecule has 0 spiro atoms. The van der Waals surface area contributed by atoms with Crippen molar-refractivity contribution in [1.82, 2.24) is 19.7 Å². The van der Waals surface area contributed by atoms with Crippen molar-refractivity contribution in [3.05, 3.63) is 53.9 Å². The lowest BCUT2D eigenvalue weighted by Crippen LogP contribution is -2.22. The lowest BCUT2D eigenvalue weighted by atomic mass is 9.99. The topological polar surface area (TPSA) is 101 Å². The molecule has 0 aliphatic rings. The Morgan fingerprint density at radius 3 is 2.53 bits per heavy atom. The molecule has 0 saturated carbocycles. The minimum Gasteiger partial charge on any atom is -0.416 e. The number of aliphatic hydroxyl groups is 1. The van der Waals surface area contributed by atoms with Gasteiger partial charge in [-0.3, -0.25) is 0 Å². The third-order valence-electron chi connectivity index (χ3n) is 4.87. The number of rotatable bonds is 6. The fraction of sp³-hybridized carbons (Fsp3) is 0.238. The molecular weight excluding hydrogens is 392 g/mol.